The average Bonchev–Trinajstić information content (AvgIpc) is 2.89. The summed E-state index contributed by atoms with van der Waals surface area (Å²) in [6.45, 7) is 1.91. The molecule has 180 valence electrons. The topological polar surface area (TPSA) is 75.0 Å². The molecule has 2 aliphatic rings. The number of pyridine rings is 1. The second-order valence-electron chi connectivity index (χ2n) is 8.39. The zero-order valence-electron chi connectivity index (χ0n) is 18.9. The molecular formula is C26H23F2N3O4. The van der Waals surface area contributed by atoms with Gasteiger partial charge >= 0.3 is 0 Å². The van der Waals surface area contributed by atoms with E-state index in [4.69, 9.17) is 4.74 Å². The molecule has 1 amide bonds. The Labute approximate surface area is 200 Å². The Morgan fingerprint density at radius 1 is 1.09 bits per heavy atom. The van der Waals surface area contributed by atoms with Gasteiger partial charge in [-0.25, -0.2) is 4.39 Å². The number of amides is 1. The van der Waals surface area contributed by atoms with E-state index in [9.17, 15) is 19.1 Å². The highest BCUT2D eigenvalue weighted by atomic mass is 19.2. The Morgan fingerprint density at radius 2 is 1.86 bits per heavy atom. The van der Waals surface area contributed by atoms with Gasteiger partial charge in [0.15, 0.2) is 23.0 Å². The van der Waals surface area contributed by atoms with Crippen LogP contribution in [-0.4, -0.2) is 39.9 Å². The molecule has 2 atom stereocenters. The fraction of sp³-hybridized carbons (Fsp3) is 0.231. The minimum absolute atomic E-state index is 0.0382. The lowest BCUT2D eigenvalue weighted by Gasteiger charge is -2.45. The molecule has 0 aliphatic carbocycles. The molecular weight excluding hydrogens is 456 g/mol. The van der Waals surface area contributed by atoms with E-state index in [2.05, 4.69) is 0 Å². The lowest BCUT2D eigenvalue weighted by Crippen LogP contribution is -2.57. The van der Waals surface area contributed by atoms with Crippen LogP contribution in [0.2, 0.25) is 0 Å². The van der Waals surface area contributed by atoms with Gasteiger partial charge in [0.05, 0.1) is 6.04 Å². The number of hydrogen-bond donors (Lipinski definition) is 1. The van der Waals surface area contributed by atoms with Gasteiger partial charge in [0.2, 0.25) is 11.2 Å². The van der Waals surface area contributed by atoms with Gasteiger partial charge in [0, 0.05) is 17.8 Å². The summed E-state index contributed by atoms with van der Waals surface area (Å²) in [6.07, 6.45) is 5.35. The van der Waals surface area contributed by atoms with Gasteiger partial charge < -0.3 is 14.7 Å². The van der Waals surface area contributed by atoms with Gasteiger partial charge in [0.1, 0.15) is 19.3 Å². The summed E-state index contributed by atoms with van der Waals surface area (Å²) in [5.74, 6) is -3.58. The first-order valence-corrected chi connectivity index (χ1v) is 11.3. The number of aromatic hydroxyl groups is 1. The maximum absolute atomic E-state index is 15.1. The molecule has 0 unspecified atom stereocenters. The van der Waals surface area contributed by atoms with Crippen molar-refractivity contribution in [2.45, 2.75) is 25.4 Å². The Kier molecular flexibility index (Phi) is 5.76. The number of fused-ring (bicyclic) bond motifs is 5. The van der Waals surface area contributed by atoms with Gasteiger partial charge in [-0.2, -0.15) is 4.39 Å². The van der Waals surface area contributed by atoms with E-state index in [0.717, 1.165) is 12.1 Å². The number of halogens is 2. The molecule has 0 saturated heterocycles. The third kappa shape index (κ3) is 3.73. The average molecular weight is 479 g/mol. The van der Waals surface area contributed by atoms with Gasteiger partial charge in [-0.15, -0.1) is 0 Å². The van der Waals surface area contributed by atoms with Crippen LogP contribution in [0.25, 0.3) is 0 Å². The minimum Gasteiger partial charge on any atom is -0.502 e. The number of carbonyl (C=O) groups excluding carboxylic acids is 1. The summed E-state index contributed by atoms with van der Waals surface area (Å²) in [4.78, 5) is 27.4. The Morgan fingerprint density at radius 3 is 2.60 bits per heavy atom. The van der Waals surface area contributed by atoms with Gasteiger partial charge in [-0.1, -0.05) is 43.3 Å². The van der Waals surface area contributed by atoms with Crippen LogP contribution in [0.3, 0.4) is 0 Å². The molecule has 3 heterocycles. The minimum atomic E-state index is -1.11. The van der Waals surface area contributed by atoms with Crippen molar-refractivity contribution in [2.24, 2.45) is 0 Å². The summed E-state index contributed by atoms with van der Waals surface area (Å²) in [5, 5.41) is 12.4. The monoisotopic (exact) mass is 479 g/mol. The Hall–Kier alpha value is -4.14. The summed E-state index contributed by atoms with van der Waals surface area (Å²) >= 11 is 0. The molecule has 7 nitrogen and oxygen atoms in total. The van der Waals surface area contributed by atoms with E-state index in [0.29, 0.717) is 17.5 Å². The van der Waals surface area contributed by atoms with Crippen molar-refractivity contribution in [1.29, 1.82) is 0 Å². The number of rotatable bonds is 2. The first-order valence-electron chi connectivity index (χ1n) is 11.3. The van der Waals surface area contributed by atoms with Crippen molar-refractivity contribution in [3.63, 3.8) is 0 Å². The summed E-state index contributed by atoms with van der Waals surface area (Å²) in [6, 6.07) is 11.6. The number of ether oxygens (including phenoxy) is 1. The quantitative estimate of drug-likeness (QED) is 0.568. The molecule has 2 bridgehead atoms. The van der Waals surface area contributed by atoms with Crippen molar-refractivity contribution >= 4 is 5.91 Å². The molecule has 0 saturated carbocycles. The first kappa shape index (κ1) is 22.6. The maximum atomic E-state index is 15.1. The molecule has 35 heavy (non-hydrogen) atoms. The normalized spacial score (nSPS) is 20.4. The third-order valence-corrected chi connectivity index (χ3v) is 6.38. The molecule has 5 rings (SSSR count). The van der Waals surface area contributed by atoms with Crippen LogP contribution in [0.4, 0.5) is 8.78 Å². The molecule has 2 aromatic carbocycles. The molecule has 9 heteroatoms. The Balaban J connectivity index is 1.84. The predicted octanol–water partition coefficient (Wildman–Crippen LogP) is 3.70. The molecule has 0 radical (unpaired) electrons. The largest absolute Gasteiger partial charge is 0.502 e. The Bertz CT molecular complexity index is 1370. The van der Waals surface area contributed by atoms with Crippen LogP contribution in [0.15, 0.2) is 71.7 Å². The third-order valence-electron chi connectivity index (χ3n) is 6.38. The molecule has 0 spiro atoms. The maximum Gasteiger partial charge on any atom is 0.278 e. The van der Waals surface area contributed by atoms with Crippen LogP contribution in [0.5, 0.6) is 11.5 Å². The van der Waals surface area contributed by atoms with E-state index in [1.807, 2.05) is 37.3 Å². The molecule has 0 fully saturated rings. The van der Waals surface area contributed by atoms with Crippen LogP contribution < -0.4 is 15.2 Å². The van der Waals surface area contributed by atoms with Gasteiger partial charge in [-0.3, -0.25) is 19.3 Å². The van der Waals surface area contributed by atoms with E-state index in [-0.39, 0.29) is 24.7 Å². The lowest BCUT2D eigenvalue weighted by atomic mass is 9.96. The van der Waals surface area contributed by atoms with E-state index < -0.39 is 40.8 Å². The fourth-order valence-electron chi connectivity index (χ4n) is 4.68. The van der Waals surface area contributed by atoms with E-state index in [1.54, 1.807) is 22.1 Å². The highest BCUT2D eigenvalue weighted by Crippen LogP contribution is 2.39. The van der Waals surface area contributed by atoms with Crippen LogP contribution >= 0.6 is 0 Å². The van der Waals surface area contributed by atoms with Crippen LogP contribution in [0, 0.1) is 11.6 Å². The van der Waals surface area contributed by atoms with Crippen molar-refractivity contribution in [1.82, 2.24) is 9.58 Å². The van der Waals surface area contributed by atoms with Gasteiger partial charge in [-0.05, 0) is 30.2 Å². The molecule has 2 aliphatic heterocycles. The lowest BCUT2D eigenvalue weighted by molar-refractivity contribution is 0.0626. The predicted molar refractivity (Wildman–Crippen MR) is 125 cm³/mol. The SMILES string of the molecule is CC[C@H]1/C=C/COc2c(ccc(F)c2F)[C@@H](c2ccccc2)N2CN1C(=O)c1c(O)c(=O)ccn12. The number of hydrogen-bond acceptors (Lipinski definition) is 5. The van der Waals surface area contributed by atoms with Crippen LogP contribution in [0.1, 0.15) is 41.0 Å². The highest BCUT2D eigenvalue weighted by molar-refractivity contribution is 5.96. The molecule has 3 aromatic rings. The summed E-state index contributed by atoms with van der Waals surface area (Å²) in [5.41, 5.74) is 0.159. The van der Waals surface area contributed by atoms with Crippen LogP contribution in [-0.2, 0) is 0 Å². The van der Waals surface area contributed by atoms with E-state index in [1.165, 1.54) is 16.9 Å². The number of benzene rings is 2. The number of carbonyl (C=O) groups is 1. The summed E-state index contributed by atoms with van der Waals surface area (Å²) < 4.78 is 36.5. The smallest absolute Gasteiger partial charge is 0.278 e. The zero-order chi connectivity index (χ0) is 24.7. The van der Waals surface area contributed by atoms with Gasteiger partial charge in [0.25, 0.3) is 5.91 Å². The first-order chi connectivity index (χ1) is 16.9. The summed E-state index contributed by atoms with van der Waals surface area (Å²) in [7, 11) is 0. The second kappa shape index (κ2) is 8.90. The number of nitrogens with zero attached hydrogens (tertiary/aromatic N) is 3. The standard InChI is InChI=1S/C26H23F2N3O4/c1-2-17-9-6-14-35-25-18(10-11-19(27)21(25)28)22(16-7-4-3-5-8-16)31-15-29(17)26(34)23-24(33)20(32)12-13-30(23)31/h3-13,17,22,33H,2,14-15H2,1H3/b9-6+/t17-,22+/m0/s1. The van der Waals surface area contributed by atoms with Crippen molar-refractivity contribution in [3.05, 3.63) is 106 Å². The molecule has 1 N–H and O–H groups in total. The molecule has 1 aromatic heterocycles. The fourth-order valence-corrected chi connectivity index (χ4v) is 4.68. The van der Waals surface area contributed by atoms with Crippen molar-refractivity contribution in [3.8, 4) is 11.5 Å². The van der Waals surface area contributed by atoms with Crippen molar-refractivity contribution < 1.29 is 23.4 Å². The van der Waals surface area contributed by atoms with Crippen molar-refractivity contribution in [2.75, 3.05) is 18.3 Å². The highest BCUT2D eigenvalue weighted by Gasteiger charge is 2.40. The second-order valence-corrected chi connectivity index (χ2v) is 8.39. The van der Waals surface area contributed by atoms with E-state index >= 15 is 4.39 Å². The number of aromatic nitrogens is 1. The zero-order valence-corrected chi connectivity index (χ0v) is 18.9.